The van der Waals surface area contributed by atoms with Crippen LogP contribution >= 0.6 is 62.3 Å². The number of benzene rings is 3. The van der Waals surface area contributed by atoms with Gasteiger partial charge in [-0.05, 0) is 66.6 Å². The average molecular weight is 534 g/mol. The molecule has 3 aromatic rings. The minimum Gasteiger partial charge on any atom is -0.489 e. The normalized spacial score (nSPS) is 10.9. The molecule has 0 aliphatic heterocycles. The highest BCUT2D eigenvalue weighted by Crippen LogP contribution is 2.27. The van der Waals surface area contributed by atoms with Crippen LogP contribution in [0.1, 0.15) is 16.7 Å². The van der Waals surface area contributed by atoms with Gasteiger partial charge in [0.05, 0.1) is 10.0 Å². The summed E-state index contributed by atoms with van der Waals surface area (Å²) in [5.74, 6) is 0.816. The predicted molar refractivity (Wildman–Crippen MR) is 127 cm³/mol. The Morgan fingerprint density at radius 1 is 0.793 bits per heavy atom. The third-order valence-corrected chi connectivity index (χ3v) is 6.12. The maximum absolute atomic E-state index is 6.24. The molecule has 3 aromatic carbocycles. The van der Waals surface area contributed by atoms with Gasteiger partial charge >= 0.3 is 0 Å². The summed E-state index contributed by atoms with van der Waals surface area (Å²) in [4.78, 5) is 0. The van der Waals surface area contributed by atoms with Crippen molar-refractivity contribution in [3.05, 3.63) is 95.9 Å². The summed E-state index contributed by atoms with van der Waals surface area (Å²) in [6, 6.07) is 17.0. The monoisotopic (exact) mass is 531 g/mol. The van der Waals surface area contributed by atoms with E-state index in [0.717, 1.165) is 39.9 Å². The fraction of sp³-hybridized carbons (Fsp3) is 0.182. The van der Waals surface area contributed by atoms with Gasteiger partial charge in [0.2, 0.25) is 0 Å². The van der Waals surface area contributed by atoms with E-state index in [2.05, 4.69) is 21.2 Å². The summed E-state index contributed by atoms with van der Waals surface area (Å²) in [6.45, 7) is 1.85. The van der Waals surface area contributed by atoms with Crippen LogP contribution in [0.25, 0.3) is 0 Å². The first kappa shape index (κ1) is 22.7. The van der Waals surface area contributed by atoms with Crippen LogP contribution in [-0.2, 0) is 19.6 Å². The average Bonchev–Trinajstić information content (AvgIpc) is 2.68. The third-order valence-electron chi connectivity index (χ3n) is 4.30. The van der Waals surface area contributed by atoms with Crippen LogP contribution in [-0.4, -0.2) is 6.54 Å². The van der Waals surface area contributed by atoms with Gasteiger partial charge < -0.3 is 10.1 Å². The first-order valence-electron chi connectivity index (χ1n) is 8.92. The van der Waals surface area contributed by atoms with E-state index in [4.69, 9.17) is 51.1 Å². The smallest absolute Gasteiger partial charge is 0.124 e. The van der Waals surface area contributed by atoms with Crippen molar-refractivity contribution in [3.63, 3.8) is 0 Å². The first-order chi connectivity index (χ1) is 13.9. The highest BCUT2D eigenvalue weighted by Gasteiger charge is 2.07. The van der Waals surface area contributed by atoms with E-state index >= 15 is 0 Å². The number of rotatable bonds is 8. The van der Waals surface area contributed by atoms with Crippen molar-refractivity contribution in [1.29, 1.82) is 0 Å². The van der Waals surface area contributed by atoms with Gasteiger partial charge in [-0.15, -0.1) is 0 Å². The van der Waals surface area contributed by atoms with Crippen LogP contribution in [0.2, 0.25) is 20.1 Å². The van der Waals surface area contributed by atoms with Crippen LogP contribution in [0, 0.1) is 0 Å². The maximum Gasteiger partial charge on any atom is 0.124 e. The summed E-state index contributed by atoms with van der Waals surface area (Å²) in [6.07, 6.45) is 0.809. The second-order valence-corrected chi connectivity index (χ2v) is 9.03. The number of nitrogens with one attached hydrogen (secondary N) is 1. The molecule has 0 aliphatic rings. The summed E-state index contributed by atoms with van der Waals surface area (Å²) < 4.78 is 7.02. The lowest BCUT2D eigenvalue weighted by Crippen LogP contribution is -2.17. The van der Waals surface area contributed by atoms with E-state index in [1.54, 1.807) is 12.1 Å². The lowest BCUT2D eigenvalue weighted by Gasteiger charge is -2.14. The van der Waals surface area contributed by atoms with Crippen molar-refractivity contribution in [2.24, 2.45) is 0 Å². The molecular formula is C22H18BrCl4NO. The Kier molecular flexibility index (Phi) is 8.55. The van der Waals surface area contributed by atoms with E-state index in [9.17, 15) is 0 Å². The molecule has 3 rings (SSSR count). The van der Waals surface area contributed by atoms with Gasteiger partial charge in [-0.2, -0.15) is 0 Å². The lowest BCUT2D eigenvalue weighted by atomic mass is 10.1. The van der Waals surface area contributed by atoms with E-state index < -0.39 is 0 Å². The topological polar surface area (TPSA) is 21.3 Å². The molecule has 0 saturated heterocycles. The zero-order valence-electron chi connectivity index (χ0n) is 15.3. The Hall–Kier alpha value is -0.940. The Bertz CT molecular complexity index is 997. The minimum atomic E-state index is 0.409. The summed E-state index contributed by atoms with van der Waals surface area (Å²) >= 11 is 27.8. The molecule has 152 valence electrons. The van der Waals surface area contributed by atoms with Crippen molar-refractivity contribution in [3.8, 4) is 5.75 Å². The number of hydrogen-bond donors (Lipinski definition) is 1. The van der Waals surface area contributed by atoms with Crippen molar-refractivity contribution < 1.29 is 4.74 Å². The molecule has 0 fully saturated rings. The molecule has 2 nitrogen and oxygen atoms in total. The molecule has 0 amide bonds. The van der Waals surface area contributed by atoms with Gasteiger partial charge in [0.25, 0.3) is 0 Å². The molecule has 0 aromatic heterocycles. The van der Waals surface area contributed by atoms with E-state index in [0.29, 0.717) is 33.2 Å². The van der Waals surface area contributed by atoms with Crippen molar-refractivity contribution in [2.45, 2.75) is 19.6 Å². The molecule has 29 heavy (non-hydrogen) atoms. The van der Waals surface area contributed by atoms with Gasteiger partial charge in [0.15, 0.2) is 0 Å². The van der Waals surface area contributed by atoms with Crippen LogP contribution in [0.3, 0.4) is 0 Å². The molecule has 0 spiro atoms. The molecule has 0 unspecified atom stereocenters. The molecule has 1 N–H and O–H groups in total. The molecule has 0 atom stereocenters. The van der Waals surface area contributed by atoms with Crippen LogP contribution in [0.5, 0.6) is 5.75 Å². The lowest BCUT2D eigenvalue weighted by molar-refractivity contribution is 0.302. The molecule has 0 heterocycles. The fourth-order valence-electron chi connectivity index (χ4n) is 2.79. The molecule has 0 bridgehead atoms. The van der Waals surface area contributed by atoms with Gasteiger partial charge in [0, 0.05) is 26.6 Å². The van der Waals surface area contributed by atoms with Crippen molar-refractivity contribution in [1.82, 2.24) is 5.32 Å². The predicted octanol–water partition coefficient (Wildman–Crippen LogP) is 7.97. The molecule has 0 radical (unpaired) electrons. The first-order valence-corrected chi connectivity index (χ1v) is 11.2. The van der Waals surface area contributed by atoms with E-state index in [1.807, 2.05) is 42.5 Å². The zero-order chi connectivity index (χ0) is 20.8. The van der Waals surface area contributed by atoms with Gasteiger partial charge in [-0.3, -0.25) is 0 Å². The summed E-state index contributed by atoms with van der Waals surface area (Å²) in [7, 11) is 0. The van der Waals surface area contributed by atoms with Gasteiger partial charge in [-0.25, -0.2) is 0 Å². The highest BCUT2D eigenvalue weighted by molar-refractivity contribution is 9.10. The highest BCUT2D eigenvalue weighted by atomic mass is 79.9. The summed E-state index contributed by atoms with van der Waals surface area (Å²) in [5, 5.41) is 5.83. The van der Waals surface area contributed by atoms with Gasteiger partial charge in [-0.1, -0.05) is 74.5 Å². The largest absolute Gasteiger partial charge is 0.489 e. The van der Waals surface area contributed by atoms with Crippen LogP contribution in [0.4, 0.5) is 0 Å². The van der Waals surface area contributed by atoms with Crippen molar-refractivity contribution in [2.75, 3.05) is 6.54 Å². The Morgan fingerprint density at radius 2 is 1.62 bits per heavy atom. The quantitative estimate of drug-likeness (QED) is 0.296. The maximum atomic E-state index is 6.24. The SMILES string of the molecule is Clc1ccc(CCNCc2cc(Br)ccc2OCc2ccc(Cl)c(Cl)c2)c(Cl)c1. The standard InChI is InChI=1S/C22H18BrCl4NO/c23-17-3-6-22(29-13-14-1-5-19(25)21(27)9-14)16(10-17)12-28-8-7-15-2-4-18(24)11-20(15)26/h1-6,9-11,28H,7-8,12-13H2. The molecule has 0 saturated carbocycles. The summed E-state index contributed by atoms with van der Waals surface area (Å²) in [5.41, 5.74) is 3.08. The molecule has 0 aliphatic carbocycles. The van der Waals surface area contributed by atoms with E-state index in [-0.39, 0.29) is 0 Å². The number of halogens is 5. The van der Waals surface area contributed by atoms with Crippen molar-refractivity contribution >= 4 is 62.3 Å². The van der Waals surface area contributed by atoms with E-state index in [1.165, 1.54) is 0 Å². The number of hydrogen-bond acceptors (Lipinski definition) is 2. The minimum absolute atomic E-state index is 0.409. The molecular weight excluding hydrogens is 516 g/mol. The second kappa shape index (κ2) is 10.9. The Morgan fingerprint density at radius 3 is 2.38 bits per heavy atom. The Labute approximate surface area is 199 Å². The second-order valence-electron chi connectivity index (χ2n) is 6.45. The van der Waals surface area contributed by atoms with Gasteiger partial charge in [0.1, 0.15) is 12.4 Å². The van der Waals surface area contributed by atoms with Crippen LogP contribution < -0.4 is 10.1 Å². The molecule has 7 heteroatoms. The zero-order valence-corrected chi connectivity index (χ0v) is 19.9. The fourth-order valence-corrected chi connectivity index (χ4v) is 4.02. The number of ether oxygens (including phenoxy) is 1. The van der Waals surface area contributed by atoms with Crippen LogP contribution in [0.15, 0.2) is 59.1 Å². The third kappa shape index (κ3) is 6.78. The Balaban J connectivity index is 1.58.